The zero-order valence-corrected chi connectivity index (χ0v) is 19.0. The summed E-state index contributed by atoms with van der Waals surface area (Å²) in [6.45, 7) is 0.469. The lowest BCUT2D eigenvalue weighted by Crippen LogP contribution is -2.62. The van der Waals surface area contributed by atoms with Crippen LogP contribution in [0.3, 0.4) is 0 Å². The van der Waals surface area contributed by atoms with Crippen molar-refractivity contribution >= 4 is 29.5 Å². The Labute approximate surface area is 197 Å². The van der Waals surface area contributed by atoms with E-state index in [1.165, 1.54) is 0 Å². The van der Waals surface area contributed by atoms with Gasteiger partial charge in [-0.3, -0.25) is 4.79 Å². The summed E-state index contributed by atoms with van der Waals surface area (Å²) in [6, 6.07) is -0.450. The quantitative estimate of drug-likeness (QED) is 0.492. The Bertz CT molecular complexity index is 979. The van der Waals surface area contributed by atoms with E-state index in [2.05, 4.69) is 0 Å². The fourth-order valence-corrected chi connectivity index (χ4v) is 7.35. The highest BCUT2D eigenvalue weighted by atomic mass is 35.5. The highest BCUT2D eigenvalue weighted by Crippen LogP contribution is 2.68. The molecule has 0 amide bonds. The molecule has 3 fully saturated rings. The topological polar surface area (TPSA) is 99.1 Å². The average molecular weight is 470 g/mol. The van der Waals surface area contributed by atoms with E-state index in [0.29, 0.717) is 19.3 Å². The number of carbonyl (C=O) groups excluding carboxylic acids is 3. The van der Waals surface area contributed by atoms with Crippen molar-refractivity contribution in [3.8, 4) is 0 Å². The van der Waals surface area contributed by atoms with Gasteiger partial charge in [-0.1, -0.05) is 37.1 Å². The minimum atomic E-state index is -2.52. The molecular weight excluding hydrogens is 436 g/mol. The predicted octanol–water partition coefficient (Wildman–Crippen LogP) is 3.92. The molecule has 8 heteroatoms. The second-order valence-corrected chi connectivity index (χ2v) is 9.98. The third-order valence-corrected chi connectivity index (χ3v) is 8.69. The van der Waals surface area contributed by atoms with Crippen molar-refractivity contribution in [1.29, 1.82) is 0 Å². The first-order chi connectivity index (χ1) is 16.3. The molecule has 4 rings (SSSR count). The van der Waals surface area contributed by atoms with Crippen molar-refractivity contribution in [3.63, 3.8) is 0 Å². The van der Waals surface area contributed by atoms with E-state index in [1.54, 1.807) is 12.2 Å². The van der Waals surface area contributed by atoms with Crippen LogP contribution in [0.1, 0.15) is 56.9 Å². The van der Waals surface area contributed by atoms with Crippen LogP contribution >= 0.6 is 11.6 Å². The summed E-state index contributed by atoms with van der Waals surface area (Å²) < 4.78 is 37.3. The van der Waals surface area contributed by atoms with Crippen molar-refractivity contribution in [2.75, 3.05) is 12.7 Å². The number of hydrogen-bond acceptors (Lipinski definition) is 7. The molecule has 32 heavy (non-hydrogen) atoms. The molecule has 0 aromatic heterocycles. The van der Waals surface area contributed by atoms with Gasteiger partial charge in [-0.2, -0.15) is 0 Å². The summed E-state index contributed by atoms with van der Waals surface area (Å²) in [5.74, 6) is -1.17. The van der Waals surface area contributed by atoms with Gasteiger partial charge in [0.25, 0.3) is 0 Å². The number of halogens is 1. The van der Waals surface area contributed by atoms with Crippen molar-refractivity contribution in [2.45, 2.75) is 64.5 Å². The maximum Gasteiger partial charge on any atom is 0.509 e. The summed E-state index contributed by atoms with van der Waals surface area (Å²) in [7, 11) is 0. The molecule has 1 N–H and O–H groups in total. The molecule has 0 aliphatic heterocycles. The van der Waals surface area contributed by atoms with Crippen molar-refractivity contribution in [2.24, 2.45) is 28.6 Å². The van der Waals surface area contributed by atoms with E-state index in [9.17, 15) is 19.5 Å². The number of carbonyl (C=O) groups is 3. The molecule has 176 valence electrons. The molecule has 0 radical (unpaired) electrons. The van der Waals surface area contributed by atoms with E-state index in [0.717, 1.165) is 5.57 Å². The van der Waals surface area contributed by atoms with Crippen LogP contribution in [0, 0.1) is 28.6 Å². The highest BCUT2D eigenvalue weighted by molar-refractivity contribution is 6.17. The van der Waals surface area contributed by atoms with E-state index in [1.807, 2.05) is 19.9 Å². The SMILES string of the molecule is [2H]C([2H])([2H])COC(=O)O[C@]1(C(=O)OCCl)CC[C@H]2[C@@H]3CCC4=CC(=O)C=C[C@]4(C)[C@H]3[C@@H](O)C[C@@]21C. The molecule has 0 heterocycles. The molecule has 7 nitrogen and oxygen atoms in total. The zero-order valence-electron chi connectivity index (χ0n) is 21.3. The Kier molecular flexibility index (Phi) is 5.00. The lowest BCUT2D eigenvalue weighted by atomic mass is 9.46. The van der Waals surface area contributed by atoms with Crippen molar-refractivity contribution < 1.29 is 37.8 Å². The predicted molar refractivity (Wildman–Crippen MR) is 116 cm³/mol. The first-order valence-electron chi connectivity index (χ1n) is 12.5. The molecule has 3 saturated carbocycles. The largest absolute Gasteiger partial charge is 0.509 e. The van der Waals surface area contributed by atoms with E-state index < -0.39 is 54.2 Å². The van der Waals surface area contributed by atoms with Crippen LogP contribution in [-0.4, -0.2) is 47.4 Å². The normalized spacial score (nSPS) is 44.1. The lowest BCUT2D eigenvalue weighted by Gasteiger charge is -2.59. The van der Waals surface area contributed by atoms with Crippen LogP contribution < -0.4 is 0 Å². The van der Waals surface area contributed by atoms with Gasteiger partial charge in [0.2, 0.25) is 5.60 Å². The zero-order chi connectivity index (χ0) is 25.8. The summed E-state index contributed by atoms with van der Waals surface area (Å²) >= 11 is 5.68. The molecule has 4 aliphatic carbocycles. The number of aliphatic hydroxyl groups excluding tert-OH is 1. The monoisotopic (exact) mass is 469 g/mol. The smallest absolute Gasteiger partial charge is 0.446 e. The number of aliphatic hydroxyl groups is 1. The molecule has 0 aromatic carbocycles. The summed E-state index contributed by atoms with van der Waals surface area (Å²) in [5, 5.41) is 11.5. The third kappa shape index (κ3) is 3.23. The fourth-order valence-electron chi connectivity index (χ4n) is 7.26. The Morgan fingerprint density at radius 3 is 2.81 bits per heavy atom. The van der Waals surface area contributed by atoms with Gasteiger partial charge in [0.1, 0.15) is 0 Å². The molecular formula is C24H31ClO7. The Morgan fingerprint density at radius 1 is 1.31 bits per heavy atom. The van der Waals surface area contributed by atoms with E-state index in [-0.39, 0.29) is 36.4 Å². The second-order valence-electron chi connectivity index (χ2n) is 9.76. The lowest BCUT2D eigenvalue weighted by molar-refractivity contribution is -0.199. The van der Waals surface area contributed by atoms with Gasteiger partial charge in [0.15, 0.2) is 11.8 Å². The molecule has 0 spiro atoms. The molecule has 7 atom stereocenters. The maximum atomic E-state index is 13.3. The summed E-state index contributed by atoms with van der Waals surface area (Å²) in [4.78, 5) is 37.8. The van der Waals surface area contributed by atoms with Gasteiger partial charge in [-0.25, -0.2) is 9.59 Å². The van der Waals surface area contributed by atoms with E-state index in [4.69, 9.17) is 29.9 Å². The van der Waals surface area contributed by atoms with Gasteiger partial charge in [0, 0.05) is 20.9 Å². The molecule has 0 aromatic rings. The minimum Gasteiger partial charge on any atom is -0.446 e. The minimum absolute atomic E-state index is 0.00331. The number of allylic oxidation sites excluding steroid dienone is 4. The average Bonchev–Trinajstić information content (AvgIpc) is 3.05. The van der Waals surface area contributed by atoms with Crippen LogP contribution in [0.15, 0.2) is 23.8 Å². The van der Waals surface area contributed by atoms with Crippen LogP contribution in [0.25, 0.3) is 0 Å². The standard InChI is InChI=1S/C24H31ClO7/c1-4-30-21(29)32-24(20(28)31-13-25)10-8-17-16-6-5-14-11-15(26)7-9-22(14,2)19(16)18(27)12-23(17,24)3/h7,9,11,16-19,27H,4-6,8,10,12-13H2,1-3H3/t16-,17-,18-,19+,22-,23-,24-/m0/s1/i1D3. The number of hydrogen-bond donors (Lipinski definition) is 1. The molecule has 0 unspecified atom stereocenters. The Morgan fingerprint density at radius 2 is 2.09 bits per heavy atom. The summed E-state index contributed by atoms with van der Waals surface area (Å²) in [5.41, 5.74) is -2.26. The maximum absolute atomic E-state index is 13.3. The van der Waals surface area contributed by atoms with E-state index >= 15 is 0 Å². The van der Waals surface area contributed by atoms with Crippen LogP contribution in [0.4, 0.5) is 4.79 Å². The van der Waals surface area contributed by atoms with Crippen LogP contribution in [0.5, 0.6) is 0 Å². The number of rotatable bonds is 4. The van der Waals surface area contributed by atoms with Gasteiger partial charge in [-0.05, 0) is 62.9 Å². The molecule has 0 saturated heterocycles. The summed E-state index contributed by atoms with van der Waals surface area (Å²) in [6.07, 6.45) is 5.19. The number of esters is 1. The Balaban J connectivity index is 1.68. The highest BCUT2D eigenvalue weighted by Gasteiger charge is 2.71. The fraction of sp³-hybridized carbons (Fsp3) is 0.708. The number of fused-ring (bicyclic) bond motifs is 5. The van der Waals surface area contributed by atoms with Gasteiger partial charge in [-0.15, -0.1) is 0 Å². The number of alkyl halides is 1. The molecule has 4 aliphatic rings. The van der Waals surface area contributed by atoms with Gasteiger partial charge >= 0.3 is 12.1 Å². The first-order valence-corrected chi connectivity index (χ1v) is 11.5. The van der Waals surface area contributed by atoms with Crippen molar-refractivity contribution in [1.82, 2.24) is 0 Å². The van der Waals surface area contributed by atoms with Gasteiger partial charge in [0.05, 0.1) is 12.7 Å². The Hall–Kier alpha value is -1.86. The van der Waals surface area contributed by atoms with Crippen LogP contribution in [0.2, 0.25) is 0 Å². The number of ketones is 1. The van der Waals surface area contributed by atoms with Gasteiger partial charge < -0.3 is 19.3 Å². The molecule has 0 bridgehead atoms. The number of ether oxygens (including phenoxy) is 3. The van der Waals surface area contributed by atoms with Crippen molar-refractivity contribution in [3.05, 3.63) is 23.8 Å². The first kappa shape index (κ1) is 19.6. The second kappa shape index (κ2) is 8.17. The van der Waals surface area contributed by atoms with Crippen LogP contribution in [-0.2, 0) is 23.8 Å². The third-order valence-electron chi connectivity index (χ3n) is 8.58.